The highest BCUT2D eigenvalue weighted by Crippen LogP contribution is 2.49. The van der Waals surface area contributed by atoms with Gasteiger partial charge in [-0.1, -0.05) is 78.9 Å². The van der Waals surface area contributed by atoms with E-state index >= 15 is 0 Å². The number of allylic oxidation sites excluding steroid dienone is 2. The Balaban J connectivity index is 1.50. The van der Waals surface area contributed by atoms with Gasteiger partial charge in [-0.3, -0.25) is 0 Å². The lowest BCUT2D eigenvalue weighted by molar-refractivity contribution is 0.745. The summed E-state index contributed by atoms with van der Waals surface area (Å²) in [6.45, 7) is 0. The molecular weight excluding hydrogens is 402 g/mol. The molecule has 1 aliphatic carbocycles. The molecule has 0 saturated carbocycles. The van der Waals surface area contributed by atoms with E-state index in [2.05, 4.69) is 107 Å². The van der Waals surface area contributed by atoms with E-state index < -0.39 is 0 Å². The molecule has 3 aromatic carbocycles. The number of rotatable bonds is 3. The van der Waals surface area contributed by atoms with Crippen LogP contribution in [0.5, 0.6) is 0 Å². The summed E-state index contributed by atoms with van der Waals surface area (Å²) in [5.41, 5.74) is 8.37. The van der Waals surface area contributed by atoms with Gasteiger partial charge in [-0.25, -0.2) is 4.98 Å². The summed E-state index contributed by atoms with van der Waals surface area (Å²) < 4.78 is 0. The van der Waals surface area contributed by atoms with Crippen molar-refractivity contribution in [3.8, 4) is 28.3 Å². The Bertz CT molecular complexity index is 1460. The highest BCUT2D eigenvalue weighted by Gasteiger charge is 2.37. The summed E-state index contributed by atoms with van der Waals surface area (Å²) in [6, 6.07) is 32.0. The van der Waals surface area contributed by atoms with E-state index in [9.17, 15) is 5.26 Å². The fourth-order valence-electron chi connectivity index (χ4n) is 5.08. The maximum Gasteiger partial charge on any atom is 0.148 e. The van der Waals surface area contributed by atoms with Gasteiger partial charge < -0.3 is 4.90 Å². The van der Waals surface area contributed by atoms with Crippen molar-refractivity contribution in [3.05, 3.63) is 127 Å². The maximum atomic E-state index is 9.53. The molecule has 33 heavy (non-hydrogen) atoms. The summed E-state index contributed by atoms with van der Waals surface area (Å²) in [7, 11) is 0. The van der Waals surface area contributed by atoms with Gasteiger partial charge in [0.2, 0.25) is 0 Å². The van der Waals surface area contributed by atoms with Crippen LogP contribution in [0, 0.1) is 11.3 Å². The third-order valence-corrected chi connectivity index (χ3v) is 6.52. The van der Waals surface area contributed by atoms with Crippen LogP contribution in [0.4, 0.5) is 11.4 Å². The summed E-state index contributed by atoms with van der Waals surface area (Å²) in [4.78, 5) is 6.71. The second-order valence-electron chi connectivity index (χ2n) is 8.32. The van der Waals surface area contributed by atoms with E-state index in [4.69, 9.17) is 0 Å². The van der Waals surface area contributed by atoms with E-state index in [1.807, 2.05) is 18.2 Å². The number of hydrogen-bond acceptors (Lipinski definition) is 3. The number of nitriles is 1. The quantitative estimate of drug-likeness (QED) is 0.355. The second kappa shape index (κ2) is 7.93. The van der Waals surface area contributed by atoms with E-state index in [-0.39, 0.29) is 6.04 Å². The minimum atomic E-state index is 0.250. The molecule has 3 heteroatoms. The first-order valence-electron chi connectivity index (χ1n) is 11.1. The Labute approximate surface area is 193 Å². The molecule has 0 N–H and O–H groups in total. The van der Waals surface area contributed by atoms with E-state index in [1.165, 1.54) is 22.5 Å². The molecule has 0 amide bonds. The zero-order valence-electron chi connectivity index (χ0n) is 18.0. The lowest BCUT2D eigenvalue weighted by Gasteiger charge is -2.30. The highest BCUT2D eigenvalue weighted by atomic mass is 15.2. The van der Waals surface area contributed by atoms with Crippen molar-refractivity contribution in [1.82, 2.24) is 4.98 Å². The average molecular weight is 424 g/mol. The molecule has 0 spiro atoms. The van der Waals surface area contributed by atoms with Gasteiger partial charge in [-0.05, 0) is 47.0 Å². The van der Waals surface area contributed by atoms with Crippen LogP contribution >= 0.6 is 0 Å². The summed E-state index contributed by atoms with van der Waals surface area (Å²) >= 11 is 0. The van der Waals surface area contributed by atoms with Crippen molar-refractivity contribution in [2.45, 2.75) is 12.0 Å². The molecule has 0 bridgehead atoms. The largest absolute Gasteiger partial charge is 0.333 e. The first-order valence-corrected chi connectivity index (χ1v) is 11.1. The third-order valence-electron chi connectivity index (χ3n) is 6.52. The standard InChI is InChI=1S/C30H21N3/c31-20-27-23(14-8-18-32-27)21-9-7-10-22(19-21)24-11-1-4-15-28(24)33-29-16-5-2-12-25(29)26-13-3-6-17-30(26)33/h1-19,25,29H. The van der Waals surface area contributed by atoms with Crippen LogP contribution in [-0.4, -0.2) is 11.0 Å². The number of fused-ring (bicyclic) bond motifs is 3. The van der Waals surface area contributed by atoms with Crippen LogP contribution < -0.4 is 4.90 Å². The molecule has 6 rings (SSSR count). The van der Waals surface area contributed by atoms with Crippen molar-refractivity contribution in [2.24, 2.45) is 0 Å². The van der Waals surface area contributed by atoms with Crippen LogP contribution in [-0.2, 0) is 0 Å². The van der Waals surface area contributed by atoms with Crippen molar-refractivity contribution in [1.29, 1.82) is 5.26 Å². The summed E-state index contributed by atoms with van der Waals surface area (Å²) in [5.74, 6) is 0.346. The van der Waals surface area contributed by atoms with Gasteiger partial charge in [0, 0.05) is 34.6 Å². The Kier molecular flexibility index (Phi) is 4.63. The van der Waals surface area contributed by atoms with Gasteiger partial charge in [-0.2, -0.15) is 5.26 Å². The Morgan fingerprint density at radius 2 is 1.45 bits per heavy atom. The monoisotopic (exact) mass is 423 g/mol. The fraction of sp³-hybridized carbons (Fsp3) is 0.0667. The highest BCUT2D eigenvalue weighted by molar-refractivity contribution is 5.88. The van der Waals surface area contributed by atoms with E-state index in [0.29, 0.717) is 11.6 Å². The third kappa shape index (κ3) is 3.16. The lowest BCUT2D eigenvalue weighted by Crippen LogP contribution is -2.28. The molecule has 4 aromatic rings. The van der Waals surface area contributed by atoms with Gasteiger partial charge in [0.1, 0.15) is 11.8 Å². The summed E-state index contributed by atoms with van der Waals surface area (Å²) in [6.07, 6.45) is 10.6. The Morgan fingerprint density at radius 3 is 2.33 bits per heavy atom. The zero-order chi connectivity index (χ0) is 22.2. The maximum absolute atomic E-state index is 9.53. The van der Waals surface area contributed by atoms with E-state index in [0.717, 1.165) is 16.7 Å². The van der Waals surface area contributed by atoms with Gasteiger partial charge in [0.05, 0.1) is 6.04 Å². The Morgan fingerprint density at radius 1 is 0.727 bits per heavy atom. The number of benzene rings is 3. The summed E-state index contributed by atoms with van der Waals surface area (Å²) in [5, 5.41) is 9.53. The van der Waals surface area contributed by atoms with Gasteiger partial charge in [0.25, 0.3) is 0 Å². The molecule has 2 aliphatic rings. The van der Waals surface area contributed by atoms with Crippen molar-refractivity contribution < 1.29 is 0 Å². The molecular formula is C30H21N3. The second-order valence-corrected chi connectivity index (χ2v) is 8.32. The number of para-hydroxylation sites is 2. The molecule has 156 valence electrons. The van der Waals surface area contributed by atoms with Crippen molar-refractivity contribution in [2.75, 3.05) is 4.90 Å². The van der Waals surface area contributed by atoms with Crippen LogP contribution in [0.3, 0.4) is 0 Å². The SMILES string of the molecule is N#Cc1ncccc1-c1cccc(-c2ccccc2N2c3ccccc3C3C=CC=CC32)c1. The lowest BCUT2D eigenvalue weighted by atomic mass is 9.91. The number of anilines is 2. The Hall–Kier alpha value is -4.42. The molecule has 2 unspecified atom stereocenters. The van der Waals surface area contributed by atoms with Crippen LogP contribution in [0.2, 0.25) is 0 Å². The number of pyridine rings is 1. The first-order chi connectivity index (χ1) is 16.3. The topological polar surface area (TPSA) is 39.9 Å². The molecule has 0 radical (unpaired) electrons. The van der Waals surface area contributed by atoms with Crippen molar-refractivity contribution >= 4 is 11.4 Å². The number of nitrogens with zero attached hydrogens (tertiary/aromatic N) is 3. The van der Waals surface area contributed by atoms with Gasteiger partial charge in [-0.15, -0.1) is 0 Å². The first kappa shape index (κ1) is 19.3. The molecule has 1 aromatic heterocycles. The van der Waals surface area contributed by atoms with Gasteiger partial charge >= 0.3 is 0 Å². The minimum absolute atomic E-state index is 0.250. The molecule has 1 aliphatic heterocycles. The van der Waals surface area contributed by atoms with E-state index in [1.54, 1.807) is 6.20 Å². The molecule has 0 fully saturated rings. The predicted octanol–water partition coefficient (Wildman–Crippen LogP) is 7.02. The fourth-order valence-corrected chi connectivity index (χ4v) is 5.08. The number of hydrogen-bond donors (Lipinski definition) is 0. The normalized spacial score (nSPS) is 18.0. The van der Waals surface area contributed by atoms with Crippen molar-refractivity contribution in [3.63, 3.8) is 0 Å². The predicted molar refractivity (Wildman–Crippen MR) is 133 cm³/mol. The van der Waals surface area contributed by atoms with Crippen LogP contribution in [0.25, 0.3) is 22.3 Å². The smallest absolute Gasteiger partial charge is 0.148 e. The molecule has 3 nitrogen and oxygen atoms in total. The zero-order valence-corrected chi connectivity index (χ0v) is 18.0. The van der Waals surface area contributed by atoms with Gasteiger partial charge in [0.15, 0.2) is 0 Å². The minimum Gasteiger partial charge on any atom is -0.333 e. The molecule has 2 atom stereocenters. The van der Waals surface area contributed by atoms with Crippen LogP contribution in [0.1, 0.15) is 17.2 Å². The van der Waals surface area contributed by atoms with Crippen LogP contribution in [0.15, 0.2) is 115 Å². The molecule has 0 saturated heterocycles. The average Bonchev–Trinajstić information content (AvgIpc) is 3.23. The molecule has 2 heterocycles. The number of aromatic nitrogens is 1.